The first-order chi connectivity index (χ1) is 13.2. The third kappa shape index (κ3) is 6.94. The van der Waals surface area contributed by atoms with Crippen molar-refractivity contribution in [3.8, 4) is 0 Å². The van der Waals surface area contributed by atoms with Crippen LogP contribution in [0.2, 0.25) is 0 Å². The maximum absolute atomic E-state index is 10.6. The first kappa shape index (κ1) is 23.0. The Labute approximate surface area is 173 Å². The molecule has 0 heterocycles. The van der Waals surface area contributed by atoms with Gasteiger partial charge in [0.15, 0.2) is 0 Å². The fourth-order valence-corrected chi connectivity index (χ4v) is 4.43. The van der Waals surface area contributed by atoms with Crippen LogP contribution in [0, 0.1) is 26.2 Å². The van der Waals surface area contributed by atoms with Crippen LogP contribution < -0.4 is 0 Å². The van der Waals surface area contributed by atoms with Crippen molar-refractivity contribution >= 4 is 6.47 Å². The zero-order valence-corrected chi connectivity index (χ0v) is 19.2. The Balaban J connectivity index is 1.82. The van der Waals surface area contributed by atoms with Gasteiger partial charge in [-0.1, -0.05) is 39.7 Å². The molecule has 0 aliphatic heterocycles. The lowest BCUT2D eigenvalue weighted by Crippen LogP contribution is -2.12. The van der Waals surface area contributed by atoms with Gasteiger partial charge in [-0.25, -0.2) is 0 Å². The Morgan fingerprint density at radius 1 is 0.964 bits per heavy atom. The number of hydrogen-bond donors (Lipinski definition) is 0. The summed E-state index contributed by atoms with van der Waals surface area (Å²) in [5, 5.41) is 0. The molecule has 0 N–H and O–H groups in total. The van der Waals surface area contributed by atoms with Crippen molar-refractivity contribution in [1.82, 2.24) is 0 Å². The second-order valence-corrected chi connectivity index (χ2v) is 10.3. The van der Waals surface area contributed by atoms with Gasteiger partial charge in [-0.15, -0.1) is 0 Å². The zero-order chi connectivity index (χ0) is 20.8. The smallest absolute Gasteiger partial charge is 0.293 e. The Morgan fingerprint density at radius 3 is 2.25 bits per heavy atom. The molecule has 1 aromatic carbocycles. The summed E-state index contributed by atoms with van der Waals surface area (Å²) in [6.07, 6.45) is 13.1. The highest BCUT2D eigenvalue weighted by Crippen LogP contribution is 2.43. The highest BCUT2D eigenvalue weighted by atomic mass is 16.5. The van der Waals surface area contributed by atoms with Gasteiger partial charge in [0.25, 0.3) is 6.47 Å². The molecule has 158 valence electrons. The molecule has 0 saturated heterocycles. The minimum Gasteiger partial charge on any atom is -0.461 e. The van der Waals surface area contributed by atoms with E-state index in [2.05, 4.69) is 47.6 Å². The Morgan fingerprint density at radius 2 is 1.64 bits per heavy atom. The van der Waals surface area contributed by atoms with E-state index in [4.69, 9.17) is 4.74 Å². The molecule has 28 heavy (non-hydrogen) atoms. The average molecular weight is 387 g/mol. The summed E-state index contributed by atoms with van der Waals surface area (Å²) in [4.78, 5) is 10.6. The second kappa shape index (κ2) is 9.94. The van der Waals surface area contributed by atoms with Gasteiger partial charge in [-0.3, -0.25) is 4.79 Å². The van der Waals surface area contributed by atoms with E-state index in [-0.39, 0.29) is 5.60 Å². The predicted molar refractivity (Wildman–Crippen MR) is 119 cm³/mol. The summed E-state index contributed by atoms with van der Waals surface area (Å²) in [5.41, 5.74) is 7.91. The van der Waals surface area contributed by atoms with E-state index >= 15 is 0 Å². The number of ether oxygens (including phenoxy) is 1. The van der Waals surface area contributed by atoms with Crippen LogP contribution in [0.15, 0.2) is 6.07 Å². The summed E-state index contributed by atoms with van der Waals surface area (Å²) < 4.78 is 5.26. The number of aryl methyl sites for hydroxylation is 2. The Hall–Kier alpha value is -1.31. The molecular weight excluding hydrogens is 344 g/mol. The first-order valence-corrected chi connectivity index (χ1v) is 11.4. The molecule has 2 nitrogen and oxygen atoms in total. The lowest BCUT2D eigenvalue weighted by Gasteiger charge is -2.19. The van der Waals surface area contributed by atoms with Crippen molar-refractivity contribution in [2.45, 2.75) is 118 Å². The second-order valence-electron chi connectivity index (χ2n) is 10.3. The van der Waals surface area contributed by atoms with Gasteiger partial charge >= 0.3 is 0 Å². The van der Waals surface area contributed by atoms with Crippen molar-refractivity contribution in [1.29, 1.82) is 0 Å². The molecule has 0 bridgehead atoms. The molecule has 2 heteroatoms. The molecule has 0 atom stereocenters. The van der Waals surface area contributed by atoms with Crippen LogP contribution in [-0.2, 0) is 22.4 Å². The number of carbonyl (C=O) groups excluding carboxylic acids is 1. The molecule has 0 amide bonds. The van der Waals surface area contributed by atoms with Crippen LogP contribution in [-0.4, -0.2) is 12.1 Å². The van der Waals surface area contributed by atoms with Crippen molar-refractivity contribution in [2.24, 2.45) is 5.41 Å². The van der Waals surface area contributed by atoms with Gasteiger partial charge < -0.3 is 4.74 Å². The van der Waals surface area contributed by atoms with Crippen LogP contribution in [0.3, 0.4) is 0 Å². The monoisotopic (exact) mass is 386 g/mol. The number of unbranched alkanes of at least 4 members (excludes halogenated alkanes) is 3. The third-order valence-electron chi connectivity index (χ3n) is 6.65. The third-order valence-corrected chi connectivity index (χ3v) is 6.65. The number of carbonyl (C=O) groups is 1. The molecule has 1 aliphatic carbocycles. The van der Waals surface area contributed by atoms with Gasteiger partial charge in [0.1, 0.15) is 5.60 Å². The summed E-state index contributed by atoms with van der Waals surface area (Å²) in [6, 6.07) is 2.43. The van der Waals surface area contributed by atoms with Crippen molar-refractivity contribution in [3.63, 3.8) is 0 Å². The molecule has 0 spiro atoms. The van der Waals surface area contributed by atoms with Crippen molar-refractivity contribution in [2.75, 3.05) is 0 Å². The molecule has 0 unspecified atom stereocenters. The minimum absolute atomic E-state index is 0.0977. The van der Waals surface area contributed by atoms with Crippen LogP contribution in [0.1, 0.15) is 106 Å². The highest BCUT2D eigenvalue weighted by molar-refractivity contribution is 5.44. The van der Waals surface area contributed by atoms with Gasteiger partial charge in [0.2, 0.25) is 0 Å². The van der Waals surface area contributed by atoms with Crippen LogP contribution in [0.4, 0.5) is 0 Å². The Kier molecular flexibility index (Phi) is 8.16. The van der Waals surface area contributed by atoms with Crippen LogP contribution in [0.25, 0.3) is 0 Å². The quantitative estimate of drug-likeness (QED) is 0.281. The molecule has 2 rings (SSSR count). The summed E-state index contributed by atoms with van der Waals surface area (Å²) in [7, 11) is 0. The van der Waals surface area contributed by atoms with E-state index in [1.807, 2.05) is 0 Å². The van der Waals surface area contributed by atoms with E-state index in [9.17, 15) is 4.79 Å². The lowest BCUT2D eigenvalue weighted by molar-refractivity contribution is -0.135. The summed E-state index contributed by atoms with van der Waals surface area (Å²) in [5.74, 6) is 0. The number of hydrogen-bond acceptors (Lipinski definition) is 2. The van der Waals surface area contributed by atoms with E-state index in [1.165, 1.54) is 60.8 Å². The summed E-state index contributed by atoms with van der Waals surface area (Å²) in [6.45, 7) is 14.5. The summed E-state index contributed by atoms with van der Waals surface area (Å²) >= 11 is 0. The molecule has 1 saturated carbocycles. The average Bonchev–Trinajstić information content (AvgIpc) is 3.37. The first-order valence-electron chi connectivity index (χ1n) is 11.4. The van der Waals surface area contributed by atoms with E-state index in [1.54, 1.807) is 5.56 Å². The van der Waals surface area contributed by atoms with Gasteiger partial charge in [0, 0.05) is 0 Å². The van der Waals surface area contributed by atoms with E-state index in [0.29, 0.717) is 11.9 Å². The van der Waals surface area contributed by atoms with E-state index in [0.717, 1.165) is 32.1 Å². The molecule has 0 radical (unpaired) electrons. The largest absolute Gasteiger partial charge is 0.461 e. The normalized spacial score (nSPS) is 15.5. The molecule has 0 aromatic heterocycles. The molecular formula is C26H42O2. The van der Waals surface area contributed by atoms with Gasteiger partial charge in [-0.05, 0) is 112 Å². The minimum atomic E-state index is -0.0977. The lowest BCUT2D eigenvalue weighted by atomic mass is 9.87. The van der Waals surface area contributed by atoms with Crippen molar-refractivity contribution in [3.05, 3.63) is 33.9 Å². The molecule has 1 fully saturated rings. The number of benzene rings is 1. The van der Waals surface area contributed by atoms with Crippen LogP contribution in [0.5, 0.6) is 0 Å². The van der Waals surface area contributed by atoms with Gasteiger partial charge in [0.05, 0.1) is 0 Å². The zero-order valence-electron chi connectivity index (χ0n) is 19.2. The molecule has 1 aromatic rings. The van der Waals surface area contributed by atoms with Gasteiger partial charge in [-0.2, -0.15) is 0 Å². The fourth-order valence-electron chi connectivity index (χ4n) is 4.43. The fraction of sp³-hybridized carbons (Fsp3) is 0.731. The van der Waals surface area contributed by atoms with Crippen molar-refractivity contribution < 1.29 is 9.53 Å². The SMILES string of the molecule is Cc1cc(CCCCC2(OC=O)CC2)c(C)c(C)c1CCCCCC(C)(C)C. The van der Waals surface area contributed by atoms with Crippen LogP contribution >= 0.6 is 0 Å². The van der Waals surface area contributed by atoms with E-state index < -0.39 is 0 Å². The highest BCUT2D eigenvalue weighted by Gasteiger charge is 2.44. The number of rotatable bonds is 12. The standard InChI is InChI=1S/C26H42O2/c1-20-18-23(12-9-11-15-26(16-17-26)28-19-27)21(2)22(3)24(20)13-8-7-10-14-25(4,5)6/h18-19H,7-17H2,1-6H3. The maximum Gasteiger partial charge on any atom is 0.293 e. The topological polar surface area (TPSA) is 26.3 Å². The molecule has 1 aliphatic rings. The Bertz CT molecular complexity index is 647. The maximum atomic E-state index is 10.6. The predicted octanol–water partition coefficient (Wildman–Crippen LogP) is 7.18.